The van der Waals surface area contributed by atoms with Gasteiger partial charge in [-0.1, -0.05) is 13.8 Å². The Kier molecular flexibility index (Phi) is 5.85. The summed E-state index contributed by atoms with van der Waals surface area (Å²) in [4.78, 5) is 27.3. The van der Waals surface area contributed by atoms with Gasteiger partial charge in [-0.3, -0.25) is 4.79 Å². The molecule has 0 saturated carbocycles. The molecule has 0 spiro atoms. The molecule has 8 nitrogen and oxygen atoms in total. The van der Waals surface area contributed by atoms with Crippen LogP contribution in [0.5, 0.6) is 0 Å². The van der Waals surface area contributed by atoms with Gasteiger partial charge in [0.15, 0.2) is 0 Å². The summed E-state index contributed by atoms with van der Waals surface area (Å²) in [5, 5.41) is 6.09. The zero-order valence-corrected chi connectivity index (χ0v) is 16.2. The Labute approximate surface area is 159 Å². The molecule has 1 aromatic carbocycles. The third kappa shape index (κ3) is 4.91. The number of carbonyl (C=O) groups excluding carboxylic acids is 1. The van der Waals surface area contributed by atoms with Crippen molar-refractivity contribution in [1.82, 2.24) is 15.0 Å². The van der Waals surface area contributed by atoms with Crippen LogP contribution < -0.4 is 15.5 Å². The summed E-state index contributed by atoms with van der Waals surface area (Å²) in [6.07, 6.45) is 1.36. The van der Waals surface area contributed by atoms with Crippen LogP contribution in [-0.4, -0.2) is 47.7 Å². The Balaban J connectivity index is 1.69. The molecule has 3 rings (SSSR count). The van der Waals surface area contributed by atoms with Gasteiger partial charge in [0.2, 0.25) is 11.9 Å². The number of ether oxygens (including phenoxy) is 1. The first-order valence-corrected chi connectivity index (χ1v) is 9.15. The molecule has 2 aromatic rings. The van der Waals surface area contributed by atoms with Crippen molar-refractivity contribution in [2.75, 3.05) is 36.2 Å². The van der Waals surface area contributed by atoms with E-state index in [1.54, 1.807) is 0 Å². The fraction of sp³-hybridized carbons (Fsp3) is 0.474. The average Bonchev–Trinajstić information content (AvgIpc) is 3.18. The molecule has 1 aromatic heterocycles. The highest BCUT2D eigenvalue weighted by molar-refractivity contribution is 5.94. The number of rotatable bonds is 6. The minimum Gasteiger partial charge on any atom is -0.368 e. The van der Waals surface area contributed by atoms with Crippen molar-refractivity contribution in [2.24, 2.45) is 0 Å². The first-order valence-electron chi connectivity index (χ1n) is 9.15. The number of benzene rings is 1. The van der Waals surface area contributed by atoms with Crippen LogP contribution in [0.1, 0.15) is 38.4 Å². The molecule has 2 heterocycles. The van der Waals surface area contributed by atoms with Crippen LogP contribution in [0, 0.1) is 0 Å². The molecule has 1 atom stereocenters. The monoisotopic (exact) mass is 370 g/mol. The topological polar surface area (TPSA) is 92.3 Å². The highest BCUT2D eigenvalue weighted by atomic mass is 16.5. The van der Waals surface area contributed by atoms with E-state index in [0.29, 0.717) is 18.5 Å². The predicted octanol–water partition coefficient (Wildman–Crippen LogP) is 2.92. The van der Waals surface area contributed by atoms with Crippen molar-refractivity contribution in [3.8, 4) is 0 Å². The summed E-state index contributed by atoms with van der Waals surface area (Å²) in [5.41, 5.74) is 1.56. The van der Waals surface area contributed by atoms with E-state index in [1.165, 1.54) is 0 Å². The Hall–Kier alpha value is -2.74. The van der Waals surface area contributed by atoms with E-state index in [1.807, 2.05) is 57.1 Å². The predicted molar refractivity (Wildman–Crippen MR) is 106 cm³/mol. The van der Waals surface area contributed by atoms with Crippen LogP contribution in [0.4, 0.5) is 23.3 Å². The number of hydrogen-bond acceptors (Lipinski definition) is 7. The molecular weight excluding hydrogens is 344 g/mol. The molecule has 1 unspecified atom stereocenters. The van der Waals surface area contributed by atoms with Crippen molar-refractivity contribution >= 4 is 29.2 Å². The van der Waals surface area contributed by atoms with Gasteiger partial charge in [-0.05, 0) is 37.1 Å². The lowest BCUT2D eigenvalue weighted by Crippen LogP contribution is -2.26. The quantitative estimate of drug-likeness (QED) is 0.807. The van der Waals surface area contributed by atoms with Gasteiger partial charge in [-0.15, -0.1) is 0 Å². The fourth-order valence-electron chi connectivity index (χ4n) is 2.67. The zero-order valence-electron chi connectivity index (χ0n) is 16.2. The Morgan fingerprint density at radius 2 is 1.85 bits per heavy atom. The van der Waals surface area contributed by atoms with E-state index in [4.69, 9.17) is 4.74 Å². The number of nitrogens with one attached hydrogen (secondary N) is 2. The van der Waals surface area contributed by atoms with Crippen LogP contribution in [0.15, 0.2) is 24.3 Å². The van der Waals surface area contributed by atoms with Gasteiger partial charge < -0.3 is 20.3 Å². The molecule has 1 fully saturated rings. The molecule has 0 bridgehead atoms. The standard InChI is InChI=1S/C19H26N6O2/c1-12(2)16-22-18(24-19(23-16)25(3)4)21-14-9-7-13(8-10-14)20-17(26)15-6-5-11-27-15/h7-10,12,15H,5-6,11H2,1-4H3,(H,20,26)(H,21,22,23,24). The Morgan fingerprint density at radius 3 is 2.44 bits per heavy atom. The van der Waals surface area contributed by atoms with Gasteiger partial charge in [-0.2, -0.15) is 15.0 Å². The molecule has 0 aliphatic carbocycles. The van der Waals surface area contributed by atoms with E-state index in [2.05, 4.69) is 25.6 Å². The van der Waals surface area contributed by atoms with Gasteiger partial charge in [0, 0.05) is 38.0 Å². The Morgan fingerprint density at radius 1 is 1.15 bits per heavy atom. The minimum atomic E-state index is -0.341. The number of carbonyl (C=O) groups is 1. The molecular formula is C19H26N6O2. The summed E-state index contributed by atoms with van der Waals surface area (Å²) in [6, 6.07) is 7.43. The maximum absolute atomic E-state index is 12.1. The average molecular weight is 370 g/mol. The summed E-state index contributed by atoms with van der Waals surface area (Å²) >= 11 is 0. The van der Waals surface area contributed by atoms with Crippen molar-refractivity contribution < 1.29 is 9.53 Å². The largest absolute Gasteiger partial charge is 0.368 e. The third-order valence-corrected chi connectivity index (χ3v) is 4.19. The molecule has 1 aliphatic heterocycles. The fourth-order valence-corrected chi connectivity index (χ4v) is 2.67. The third-order valence-electron chi connectivity index (χ3n) is 4.19. The van der Waals surface area contributed by atoms with E-state index < -0.39 is 0 Å². The maximum atomic E-state index is 12.1. The first kappa shape index (κ1) is 19.0. The lowest BCUT2D eigenvalue weighted by molar-refractivity contribution is -0.124. The first-order chi connectivity index (χ1) is 12.9. The van der Waals surface area contributed by atoms with E-state index in [9.17, 15) is 4.79 Å². The van der Waals surface area contributed by atoms with Crippen LogP contribution in [0.2, 0.25) is 0 Å². The van der Waals surface area contributed by atoms with Gasteiger partial charge in [0.25, 0.3) is 5.91 Å². The second-order valence-corrected chi connectivity index (χ2v) is 7.06. The molecule has 2 N–H and O–H groups in total. The molecule has 144 valence electrons. The molecule has 27 heavy (non-hydrogen) atoms. The van der Waals surface area contributed by atoms with Crippen LogP contribution >= 0.6 is 0 Å². The van der Waals surface area contributed by atoms with Gasteiger partial charge in [-0.25, -0.2) is 0 Å². The molecule has 0 radical (unpaired) electrons. The molecule has 8 heteroatoms. The van der Waals surface area contributed by atoms with Gasteiger partial charge in [0.1, 0.15) is 11.9 Å². The van der Waals surface area contributed by atoms with Crippen LogP contribution in [0.3, 0.4) is 0 Å². The summed E-state index contributed by atoms with van der Waals surface area (Å²) in [7, 11) is 3.80. The Bertz CT molecular complexity index is 759. The summed E-state index contributed by atoms with van der Waals surface area (Å²) in [6.45, 7) is 4.74. The van der Waals surface area contributed by atoms with E-state index in [-0.39, 0.29) is 17.9 Å². The van der Waals surface area contributed by atoms with Crippen molar-refractivity contribution in [2.45, 2.75) is 38.7 Å². The smallest absolute Gasteiger partial charge is 0.253 e. The van der Waals surface area contributed by atoms with Crippen molar-refractivity contribution in [3.05, 3.63) is 30.1 Å². The van der Waals surface area contributed by atoms with E-state index >= 15 is 0 Å². The normalized spacial score (nSPS) is 16.4. The number of amides is 1. The summed E-state index contributed by atoms with van der Waals surface area (Å²) < 4.78 is 5.40. The zero-order chi connectivity index (χ0) is 19.4. The van der Waals surface area contributed by atoms with Crippen LogP contribution in [0.25, 0.3) is 0 Å². The minimum absolute atomic E-state index is 0.0946. The highest BCUT2D eigenvalue weighted by Gasteiger charge is 2.23. The van der Waals surface area contributed by atoms with Crippen molar-refractivity contribution in [1.29, 1.82) is 0 Å². The summed E-state index contributed by atoms with van der Waals surface area (Å²) in [5.74, 6) is 1.94. The second-order valence-electron chi connectivity index (χ2n) is 7.06. The lowest BCUT2D eigenvalue weighted by atomic mass is 10.2. The lowest BCUT2D eigenvalue weighted by Gasteiger charge is -2.15. The molecule has 1 saturated heterocycles. The number of aromatic nitrogens is 3. The number of hydrogen-bond donors (Lipinski definition) is 2. The van der Waals surface area contributed by atoms with Gasteiger partial charge >= 0.3 is 0 Å². The van der Waals surface area contributed by atoms with Crippen LogP contribution in [-0.2, 0) is 9.53 Å². The number of anilines is 4. The SMILES string of the molecule is CC(C)c1nc(Nc2ccc(NC(=O)C3CCCO3)cc2)nc(N(C)C)n1. The maximum Gasteiger partial charge on any atom is 0.253 e. The number of nitrogens with zero attached hydrogens (tertiary/aromatic N) is 4. The van der Waals surface area contributed by atoms with Gasteiger partial charge in [0.05, 0.1) is 0 Å². The highest BCUT2D eigenvalue weighted by Crippen LogP contribution is 2.21. The van der Waals surface area contributed by atoms with Crippen molar-refractivity contribution in [3.63, 3.8) is 0 Å². The van der Waals surface area contributed by atoms with E-state index in [0.717, 1.165) is 30.0 Å². The molecule has 1 aliphatic rings. The molecule has 1 amide bonds. The second kappa shape index (κ2) is 8.30.